The summed E-state index contributed by atoms with van der Waals surface area (Å²) in [5.41, 5.74) is 1.72. The lowest BCUT2D eigenvalue weighted by Gasteiger charge is -2.07. The summed E-state index contributed by atoms with van der Waals surface area (Å²) in [6.07, 6.45) is 1.92. The SMILES string of the molecule is CSc1nc2ccccc2n1C(=O)[C@@H](C)Br. The van der Waals surface area contributed by atoms with Gasteiger partial charge in [-0.25, -0.2) is 4.98 Å². The van der Waals surface area contributed by atoms with Gasteiger partial charge in [-0.3, -0.25) is 9.36 Å². The van der Waals surface area contributed by atoms with Crippen molar-refractivity contribution >= 4 is 44.6 Å². The van der Waals surface area contributed by atoms with Crippen molar-refractivity contribution in [3.63, 3.8) is 0 Å². The number of alkyl halides is 1. The Morgan fingerprint density at radius 2 is 2.19 bits per heavy atom. The Morgan fingerprint density at radius 1 is 1.50 bits per heavy atom. The van der Waals surface area contributed by atoms with E-state index in [1.807, 2.05) is 37.4 Å². The number of thioether (sulfide) groups is 1. The molecular formula is C11H11BrN2OS. The maximum Gasteiger partial charge on any atom is 0.246 e. The molecule has 1 aromatic heterocycles. The average molecular weight is 299 g/mol. The normalized spacial score (nSPS) is 12.9. The number of rotatable bonds is 2. The highest BCUT2D eigenvalue weighted by molar-refractivity contribution is 9.10. The van der Waals surface area contributed by atoms with Crippen LogP contribution in [0.5, 0.6) is 0 Å². The quantitative estimate of drug-likeness (QED) is 0.631. The molecule has 0 unspecified atom stereocenters. The lowest BCUT2D eigenvalue weighted by atomic mass is 10.3. The molecule has 1 heterocycles. The monoisotopic (exact) mass is 298 g/mol. The number of aromatic nitrogens is 2. The van der Waals surface area contributed by atoms with Gasteiger partial charge in [-0.15, -0.1) is 0 Å². The molecule has 0 spiro atoms. The standard InChI is InChI=1S/C11H11BrN2OS/c1-7(12)10(15)14-9-6-4-3-5-8(9)13-11(14)16-2/h3-7H,1-2H3/t7-/m1/s1. The minimum absolute atomic E-state index is 0.0121. The Kier molecular flexibility index (Phi) is 3.35. The average Bonchev–Trinajstić information content (AvgIpc) is 2.66. The smallest absolute Gasteiger partial charge is 0.246 e. The molecule has 0 amide bonds. The number of hydrogen-bond donors (Lipinski definition) is 0. The number of hydrogen-bond acceptors (Lipinski definition) is 3. The number of carbonyl (C=O) groups excluding carboxylic acids is 1. The van der Waals surface area contributed by atoms with Crippen molar-refractivity contribution in [3.05, 3.63) is 24.3 Å². The van der Waals surface area contributed by atoms with Crippen molar-refractivity contribution in [1.82, 2.24) is 9.55 Å². The summed E-state index contributed by atoms with van der Waals surface area (Å²) in [4.78, 5) is 16.3. The highest BCUT2D eigenvalue weighted by atomic mass is 79.9. The highest BCUT2D eigenvalue weighted by Crippen LogP contribution is 2.23. The van der Waals surface area contributed by atoms with Gasteiger partial charge in [0.1, 0.15) is 0 Å². The van der Waals surface area contributed by atoms with Gasteiger partial charge < -0.3 is 0 Å². The zero-order chi connectivity index (χ0) is 11.7. The van der Waals surface area contributed by atoms with Gasteiger partial charge in [0, 0.05) is 0 Å². The van der Waals surface area contributed by atoms with E-state index in [2.05, 4.69) is 20.9 Å². The number of fused-ring (bicyclic) bond motifs is 1. The molecule has 0 N–H and O–H groups in total. The molecule has 0 saturated carbocycles. The van der Waals surface area contributed by atoms with Gasteiger partial charge in [0.2, 0.25) is 5.91 Å². The number of benzene rings is 1. The van der Waals surface area contributed by atoms with Crippen molar-refractivity contribution in [3.8, 4) is 0 Å². The number of carbonyl (C=O) groups is 1. The van der Waals surface area contributed by atoms with E-state index in [1.165, 1.54) is 11.8 Å². The summed E-state index contributed by atoms with van der Waals surface area (Å²) >= 11 is 4.78. The molecule has 0 fully saturated rings. The largest absolute Gasteiger partial charge is 0.273 e. The van der Waals surface area contributed by atoms with Crippen LogP contribution in [0.2, 0.25) is 0 Å². The Morgan fingerprint density at radius 3 is 2.81 bits per heavy atom. The van der Waals surface area contributed by atoms with E-state index in [4.69, 9.17) is 0 Å². The van der Waals surface area contributed by atoms with Crippen molar-refractivity contribution < 1.29 is 4.79 Å². The van der Waals surface area contributed by atoms with Crippen molar-refractivity contribution in [1.29, 1.82) is 0 Å². The minimum Gasteiger partial charge on any atom is -0.273 e. The fourth-order valence-electron chi connectivity index (χ4n) is 1.53. The Labute approximate surface area is 106 Å². The second-order valence-electron chi connectivity index (χ2n) is 3.38. The predicted molar refractivity (Wildman–Crippen MR) is 70.5 cm³/mol. The van der Waals surface area contributed by atoms with Crippen LogP contribution < -0.4 is 0 Å². The van der Waals surface area contributed by atoms with E-state index >= 15 is 0 Å². The Balaban J connectivity index is 2.69. The third-order valence-corrected chi connectivity index (χ3v) is 3.30. The third kappa shape index (κ3) is 1.89. The van der Waals surface area contributed by atoms with Crippen LogP contribution in [0.25, 0.3) is 11.0 Å². The molecule has 1 atom stereocenters. The van der Waals surface area contributed by atoms with Gasteiger partial charge in [0.25, 0.3) is 0 Å². The number of imidazole rings is 1. The second-order valence-corrected chi connectivity index (χ2v) is 5.52. The van der Waals surface area contributed by atoms with Crippen LogP contribution >= 0.6 is 27.7 Å². The van der Waals surface area contributed by atoms with E-state index < -0.39 is 0 Å². The first-order chi connectivity index (χ1) is 7.65. The molecule has 0 aliphatic rings. The molecule has 0 saturated heterocycles. The predicted octanol–water partition coefficient (Wildman–Crippen LogP) is 3.18. The fraction of sp³-hybridized carbons (Fsp3) is 0.273. The molecule has 0 bridgehead atoms. The van der Waals surface area contributed by atoms with Crippen molar-refractivity contribution in [2.24, 2.45) is 0 Å². The molecule has 0 aliphatic heterocycles. The fourth-order valence-corrected chi connectivity index (χ4v) is 2.30. The summed E-state index contributed by atoms with van der Waals surface area (Å²) in [7, 11) is 0. The lowest BCUT2D eigenvalue weighted by molar-refractivity contribution is 0.0912. The minimum atomic E-state index is -0.212. The van der Waals surface area contributed by atoms with Gasteiger partial charge in [-0.05, 0) is 25.3 Å². The number of halogens is 1. The molecule has 84 valence electrons. The topological polar surface area (TPSA) is 34.9 Å². The van der Waals surface area contributed by atoms with Crippen LogP contribution in [0.1, 0.15) is 11.7 Å². The summed E-state index contributed by atoms with van der Waals surface area (Å²) in [5.74, 6) is 0.0121. The van der Waals surface area contributed by atoms with Crippen LogP contribution in [0, 0.1) is 0 Å². The molecular weight excluding hydrogens is 288 g/mol. The third-order valence-electron chi connectivity index (χ3n) is 2.27. The van der Waals surface area contributed by atoms with E-state index in [0.717, 1.165) is 16.2 Å². The Bertz CT molecular complexity index is 536. The summed E-state index contributed by atoms with van der Waals surface area (Å²) in [6, 6.07) is 7.66. The summed E-state index contributed by atoms with van der Waals surface area (Å²) in [6.45, 7) is 1.82. The van der Waals surface area contributed by atoms with Gasteiger partial charge in [-0.2, -0.15) is 0 Å². The number of para-hydroxylation sites is 2. The lowest BCUT2D eigenvalue weighted by Crippen LogP contribution is -2.19. The molecule has 5 heteroatoms. The first kappa shape index (κ1) is 11.7. The van der Waals surface area contributed by atoms with E-state index in [1.54, 1.807) is 4.57 Å². The van der Waals surface area contributed by atoms with Crippen LogP contribution in [0.4, 0.5) is 0 Å². The number of nitrogens with zero attached hydrogens (tertiary/aromatic N) is 2. The van der Waals surface area contributed by atoms with E-state index in [9.17, 15) is 4.79 Å². The van der Waals surface area contributed by atoms with E-state index in [0.29, 0.717) is 0 Å². The van der Waals surface area contributed by atoms with Crippen molar-refractivity contribution in [2.75, 3.05) is 6.26 Å². The molecule has 1 aromatic carbocycles. The van der Waals surface area contributed by atoms with Gasteiger partial charge in [0.05, 0.1) is 15.9 Å². The maximum absolute atomic E-state index is 12.1. The molecule has 3 nitrogen and oxygen atoms in total. The van der Waals surface area contributed by atoms with Crippen LogP contribution in [0.3, 0.4) is 0 Å². The molecule has 2 aromatic rings. The maximum atomic E-state index is 12.1. The van der Waals surface area contributed by atoms with Crippen LogP contribution in [-0.2, 0) is 0 Å². The van der Waals surface area contributed by atoms with Gasteiger partial charge in [-0.1, -0.05) is 39.8 Å². The molecule has 16 heavy (non-hydrogen) atoms. The zero-order valence-electron chi connectivity index (χ0n) is 8.98. The summed E-state index contributed by atoms with van der Waals surface area (Å²) < 4.78 is 1.67. The molecule has 2 rings (SSSR count). The molecule has 0 radical (unpaired) electrons. The first-order valence-corrected chi connectivity index (χ1v) is 6.99. The highest BCUT2D eigenvalue weighted by Gasteiger charge is 2.19. The van der Waals surface area contributed by atoms with Gasteiger partial charge >= 0.3 is 0 Å². The molecule has 0 aliphatic carbocycles. The van der Waals surface area contributed by atoms with E-state index in [-0.39, 0.29) is 10.7 Å². The van der Waals surface area contributed by atoms with Gasteiger partial charge in [0.15, 0.2) is 5.16 Å². The second kappa shape index (κ2) is 4.59. The Hall–Kier alpha value is -0.810. The van der Waals surface area contributed by atoms with Crippen molar-refractivity contribution in [2.45, 2.75) is 16.9 Å². The zero-order valence-corrected chi connectivity index (χ0v) is 11.4. The van der Waals surface area contributed by atoms with Crippen LogP contribution in [0.15, 0.2) is 29.4 Å². The summed E-state index contributed by atoms with van der Waals surface area (Å²) in [5, 5.41) is 0.734. The van der Waals surface area contributed by atoms with Crippen LogP contribution in [-0.4, -0.2) is 26.5 Å². The first-order valence-electron chi connectivity index (χ1n) is 4.85.